The van der Waals surface area contributed by atoms with Gasteiger partial charge in [0.05, 0.1) is 23.8 Å². The number of hydrogen-bond acceptors (Lipinski definition) is 4. The summed E-state index contributed by atoms with van der Waals surface area (Å²) in [5.41, 5.74) is 1.12. The first-order valence-electron chi connectivity index (χ1n) is 7.47. The van der Waals surface area contributed by atoms with Crippen molar-refractivity contribution in [1.82, 2.24) is 10.3 Å². The second-order valence-corrected chi connectivity index (χ2v) is 6.04. The molecular formula is C15H22ClN3O. The van der Waals surface area contributed by atoms with Crippen molar-refractivity contribution in [3.8, 4) is 0 Å². The molecule has 1 aromatic heterocycles. The van der Waals surface area contributed by atoms with Crippen LogP contribution < -0.4 is 10.2 Å². The highest BCUT2D eigenvalue weighted by Gasteiger charge is 2.35. The second kappa shape index (κ2) is 6.29. The molecular weight excluding hydrogens is 274 g/mol. The van der Waals surface area contributed by atoms with E-state index in [9.17, 15) is 0 Å². The standard InChI is InChI=1S/C15H22ClN3O/c1-17-9-11-8-12(16)15(18-10-11)19-6-7-20-14-5-3-2-4-13(14)19/h8,10,13-14,17H,2-7,9H2,1H3. The summed E-state index contributed by atoms with van der Waals surface area (Å²) in [7, 11) is 1.93. The van der Waals surface area contributed by atoms with Crippen molar-refractivity contribution < 1.29 is 4.74 Å². The number of fused-ring (bicyclic) bond motifs is 1. The van der Waals surface area contributed by atoms with E-state index >= 15 is 0 Å². The van der Waals surface area contributed by atoms with E-state index in [0.717, 1.165) is 42.5 Å². The number of nitrogens with zero attached hydrogens (tertiary/aromatic N) is 2. The van der Waals surface area contributed by atoms with Gasteiger partial charge in [-0.1, -0.05) is 24.4 Å². The molecule has 1 N–H and O–H groups in total. The van der Waals surface area contributed by atoms with E-state index in [1.165, 1.54) is 19.3 Å². The highest BCUT2D eigenvalue weighted by Crippen LogP contribution is 2.34. The van der Waals surface area contributed by atoms with E-state index in [-0.39, 0.29) is 0 Å². The quantitative estimate of drug-likeness (QED) is 0.930. The van der Waals surface area contributed by atoms with Crippen molar-refractivity contribution >= 4 is 17.4 Å². The molecule has 0 aromatic carbocycles. The zero-order chi connectivity index (χ0) is 13.9. The van der Waals surface area contributed by atoms with Crippen LogP contribution in [0.4, 0.5) is 5.82 Å². The van der Waals surface area contributed by atoms with Gasteiger partial charge < -0.3 is 15.0 Å². The molecule has 2 aliphatic rings. The summed E-state index contributed by atoms with van der Waals surface area (Å²) in [6.45, 7) is 2.46. The van der Waals surface area contributed by atoms with Crippen LogP contribution in [0.3, 0.4) is 0 Å². The molecule has 110 valence electrons. The van der Waals surface area contributed by atoms with E-state index in [0.29, 0.717) is 12.1 Å². The van der Waals surface area contributed by atoms with Crippen LogP contribution in [0.5, 0.6) is 0 Å². The SMILES string of the molecule is CNCc1cnc(N2CCOC3CCCCC32)c(Cl)c1. The molecule has 2 fully saturated rings. The van der Waals surface area contributed by atoms with Crippen LogP contribution in [-0.2, 0) is 11.3 Å². The molecule has 4 nitrogen and oxygen atoms in total. The van der Waals surface area contributed by atoms with Crippen molar-refractivity contribution in [3.05, 3.63) is 22.8 Å². The Morgan fingerprint density at radius 2 is 2.30 bits per heavy atom. The predicted molar refractivity (Wildman–Crippen MR) is 81.4 cm³/mol. The lowest BCUT2D eigenvalue weighted by Gasteiger charge is -2.44. The third-order valence-electron chi connectivity index (χ3n) is 4.26. The molecule has 2 unspecified atom stereocenters. The van der Waals surface area contributed by atoms with Crippen molar-refractivity contribution in [1.29, 1.82) is 0 Å². The van der Waals surface area contributed by atoms with E-state index in [1.54, 1.807) is 0 Å². The monoisotopic (exact) mass is 295 g/mol. The minimum Gasteiger partial charge on any atom is -0.374 e. The summed E-state index contributed by atoms with van der Waals surface area (Å²) >= 11 is 6.46. The number of nitrogens with one attached hydrogen (secondary N) is 1. The number of anilines is 1. The normalized spacial score (nSPS) is 26.4. The van der Waals surface area contributed by atoms with Gasteiger partial charge in [0.25, 0.3) is 0 Å². The van der Waals surface area contributed by atoms with Gasteiger partial charge >= 0.3 is 0 Å². The van der Waals surface area contributed by atoms with Crippen LogP contribution >= 0.6 is 11.6 Å². The number of aromatic nitrogens is 1. The Kier molecular flexibility index (Phi) is 4.44. The van der Waals surface area contributed by atoms with Crippen molar-refractivity contribution in [2.45, 2.75) is 44.4 Å². The predicted octanol–water partition coefficient (Wildman–Crippen LogP) is 2.60. The van der Waals surface area contributed by atoms with Gasteiger partial charge in [0.2, 0.25) is 0 Å². The number of hydrogen-bond donors (Lipinski definition) is 1. The van der Waals surface area contributed by atoms with Gasteiger partial charge in [-0.15, -0.1) is 0 Å². The maximum Gasteiger partial charge on any atom is 0.147 e. The van der Waals surface area contributed by atoms with E-state index in [2.05, 4.69) is 15.2 Å². The number of rotatable bonds is 3. The van der Waals surface area contributed by atoms with Gasteiger partial charge in [0.1, 0.15) is 5.82 Å². The van der Waals surface area contributed by atoms with Gasteiger partial charge in [0.15, 0.2) is 0 Å². The lowest BCUT2D eigenvalue weighted by atomic mass is 9.90. The Hall–Kier alpha value is -0.840. The van der Waals surface area contributed by atoms with Gasteiger partial charge in [-0.2, -0.15) is 0 Å². The first-order chi connectivity index (χ1) is 9.79. The third-order valence-corrected chi connectivity index (χ3v) is 4.54. The smallest absolute Gasteiger partial charge is 0.147 e. The maximum atomic E-state index is 6.46. The Morgan fingerprint density at radius 3 is 3.10 bits per heavy atom. The first kappa shape index (κ1) is 14.1. The number of morpholine rings is 1. The molecule has 1 aliphatic carbocycles. The Bertz CT molecular complexity index is 466. The van der Waals surface area contributed by atoms with Crippen LogP contribution in [0.25, 0.3) is 0 Å². The van der Waals surface area contributed by atoms with Crippen molar-refractivity contribution in [2.75, 3.05) is 25.1 Å². The summed E-state index contributed by atoms with van der Waals surface area (Å²) in [4.78, 5) is 6.97. The summed E-state index contributed by atoms with van der Waals surface area (Å²) < 4.78 is 5.91. The van der Waals surface area contributed by atoms with Crippen molar-refractivity contribution in [3.63, 3.8) is 0 Å². The molecule has 1 aromatic rings. The highest BCUT2D eigenvalue weighted by atomic mass is 35.5. The summed E-state index contributed by atoms with van der Waals surface area (Å²) in [6.07, 6.45) is 7.17. The zero-order valence-electron chi connectivity index (χ0n) is 11.9. The molecule has 1 saturated heterocycles. The third kappa shape index (κ3) is 2.78. The molecule has 0 radical (unpaired) electrons. The van der Waals surface area contributed by atoms with E-state index in [1.807, 2.05) is 19.3 Å². The molecule has 20 heavy (non-hydrogen) atoms. The zero-order valence-corrected chi connectivity index (χ0v) is 12.7. The number of ether oxygens (including phenoxy) is 1. The van der Waals surface area contributed by atoms with Crippen LogP contribution in [0.2, 0.25) is 5.02 Å². The minimum absolute atomic E-state index is 0.354. The number of halogens is 1. The van der Waals surface area contributed by atoms with E-state index in [4.69, 9.17) is 16.3 Å². The minimum atomic E-state index is 0.354. The average Bonchev–Trinajstić information content (AvgIpc) is 2.47. The lowest BCUT2D eigenvalue weighted by Crippen LogP contribution is -2.53. The van der Waals surface area contributed by atoms with E-state index < -0.39 is 0 Å². The van der Waals surface area contributed by atoms with Crippen LogP contribution in [0, 0.1) is 0 Å². The summed E-state index contributed by atoms with van der Waals surface area (Å²) in [6, 6.07) is 2.46. The van der Waals surface area contributed by atoms with Crippen LogP contribution in [-0.4, -0.2) is 37.3 Å². The second-order valence-electron chi connectivity index (χ2n) is 5.63. The average molecular weight is 296 g/mol. The van der Waals surface area contributed by atoms with Gasteiger partial charge in [-0.05, 0) is 31.5 Å². The topological polar surface area (TPSA) is 37.4 Å². The molecule has 3 rings (SSSR count). The Labute approximate surface area is 125 Å². The molecule has 5 heteroatoms. The molecule has 0 spiro atoms. The first-order valence-corrected chi connectivity index (χ1v) is 7.84. The molecule has 0 bridgehead atoms. The van der Waals surface area contributed by atoms with Gasteiger partial charge in [0, 0.05) is 19.3 Å². The Morgan fingerprint density at radius 1 is 1.45 bits per heavy atom. The van der Waals surface area contributed by atoms with Gasteiger partial charge in [-0.3, -0.25) is 0 Å². The van der Waals surface area contributed by atoms with Crippen molar-refractivity contribution in [2.24, 2.45) is 0 Å². The maximum absolute atomic E-state index is 6.46. The molecule has 2 atom stereocenters. The molecule has 1 aliphatic heterocycles. The highest BCUT2D eigenvalue weighted by molar-refractivity contribution is 6.33. The lowest BCUT2D eigenvalue weighted by molar-refractivity contribution is -0.00897. The Balaban J connectivity index is 1.83. The molecule has 1 saturated carbocycles. The largest absolute Gasteiger partial charge is 0.374 e. The fourth-order valence-corrected chi connectivity index (χ4v) is 3.64. The summed E-state index contributed by atoms with van der Waals surface area (Å²) in [5.74, 6) is 0.923. The number of pyridine rings is 1. The molecule has 0 amide bonds. The summed E-state index contributed by atoms with van der Waals surface area (Å²) in [5, 5.41) is 3.88. The van der Waals surface area contributed by atoms with Gasteiger partial charge in [-0.25, -0.2) is 4.98 Å². The molecule has 2 heterocycles. The fraction of sp³-hybridized carbons (Fsp3) is 0.667. The fourth-order valence-electron chi connectivity index (χ4n) is 3.34. The van der Waals surface area contributed by atoms with Crippen LogP contribution in [0.1, 0.15) is 31.2 Å². The van der Waals surface area contributed by atoms with Crippen LogP contribution in [0.15, 0.2) is 12.3 Å².